The van der Waals surface area contributed by atoms with Crippen molar-refractivity contribution >= 4 is 0 Å². The molecule has 0 aliphatic heterocycles. The van der Waals surface area contributed by atoms with Crippen molar-refractivity contribution in [3.05, 3.63) is 35.9 Å². The zero-order chi connectivity index (χ0) is 14.1. The van der Waals surface area contributed by atoms with Gasteiger partial charge in [-0.3, -0.25) is 0 Å². The van der Waals surface area contributed by atoms with Gasteiger partial charge in [0.1, 0.15) is 0 Å². The zero-order valence-corrected chi connectivity index (χ0v) is 13.0. The predicted molar refractivity (Wildman–Crippen MR) is 84.6 cm³/mol. The maximum atomic E-state index is 3.71. The lowest BCUT2D eigenvalue weighted by Crippen LogP contribution is -2.39. The molecule has 108 valence electrons. The quantitative estimate of drug-likeness (QED) is 0.688. The Morgan fingerprint density at radius 1 is 1.11 bits per heavy atom. The normalized spacial score (nSPS) is 13.2. The molecule has 1 atom stereocenters. The maximum Gasteiger partial charge on any atom is 0.0197 e. The van der Waals surface area contributed by atoms with Crippen LogP contribution in [0.15, 0.2) is 30.3 Å². The highest BCUT2D eigenvalue weighted by atomic mass is 15.1. The molecule has 1 aromatic carbocycles. The van der Waals surface area contributed by atoms with E-state index in [9.17, 15) is 0 Å². The van der Waals surface area contributed by atoms with Gasteiger partial charge >= 0.3 is 0 Å². The minimum atomic E-state index is 0.616. The van der Waals surface area contributed by atoms with Crippen LogP contribution in [0.3, 0.4) is 0 Å². The van der Waals surface area contributed by atoms with Crippen LogP contribution in [0.4, 0.5) is 0 Å². The Hall–Kier alpha value is -0.860. The summed E-state index contributed by atoms with van der Waals surface area (Å²) in [6.45, 7) is 6.84. The minimum absolute atomic E-state index is 0.616. The van der Waals surface area contributed by atoms with Crippen molar-refractivity contribution in [3.8, 4) is 0 Å². The van der Waals surface area contributed by atoms with Gasteiger partial charge in [-0.1, -0.05) is 44.2 Å². The molecule has 1 rings (SSSR count). The largest absolute Gasteiger partial charge is 0.313 e. The molecule has 0 bridgehead atoms. The van der Waals surface area contributed by atoms with Crippen molar-refractivity contribution in [2.45, 2.75) is 39.2 Å². The zero-order valence-electron chi connectivity index (χ0n) is 13.0. The molecule has 1 aromatic rings. The molecule has 0 aliphatic carbocycles. The second-order valence-corrected chi connectivity index (χ2v) is 6.13. The summed E-state index contributed by atoms with van der Waals surface area (Å²) in [5.74, 6) is 0.756. The Bertz CT molecular complexity index is 309. The third-order valence-corrected chi connectivity index (χ3v) is 3.26. The average molecular weight is 262 g/mol. The predicted octanol–water partition coefficient (Wildman–Crippen LogP) is 3.19. The van der Waals surface area contributed by atoms with E-state index in [-0.39, 0.29) is 0 Å². The topological polar surface area (TPSA) is 15.3 Å². The van der Waals surface area contributed by atoms with Gasteiger partial charge in [0, 0.05) is 12.6 Å². The van der Waals surface area contributed by atoms with Crippen LogP contribution >= 0.6 is 0 Å². The van der Waals surface area contributed by atoms with E-state index in [1.54, 1.807) is 0 Å². The summed E-state index contributed by atoms with van der Waals surface area (Å²) >= 11 is 0. The lowest BCUT2D eigenvalue weighted by atomic mass is 10.0. The number of hydrogen-bond donors (Lipinski definition) is 1. The molecular formula is C17H30N2. The van der Waals surface area contributed by atoms with Gasteiger partial charge in [0.15, 0.2) is 0 Å². The molecule has 19 heavy (non-hydrogen) atoms. The first-order valence-corrected chi connectivity index (χ1v) is 7.50. The van der Waals surface area contributed by atoms with E-state index in [0.29, 0.717) is 6.04 Å². The van der Waals surface area contributed by atoms with Gasteiger partial charge in [0.05, 0.1) is 0 Å². The molecule has 0 saturated carbocycles. The first kappa shape index (κ1) is 16.2. The van der Waals surface area contributed by atoms with E-state index < -0.39 is 0 Å². The number of nitrogens with one attached hydrogen (secondary N) is 1. The van der Waals surface area contributed by atoms with Crippen LogP contribution in [0.5, 0.6) is 0 Å². The second-order valence-electron chi connectivity index (χ2n) is 6.13. The summed E-state index contributed by atoms with van der Waals surface area (Å²) in [7, 11) is 4.30. The SMILES string of the molecule is CC(C)CC(CN(C)C)NCCCc1ccccc1. The fraction of sp³-hybridized carbons (Fsp3) is 0.647. The van der Waals surface area contributed by atoms with Crippen molar-refractivity contribution < 1.29 is 0 Å². The summed E-state index contributed by atoms with van der Waals surface area (Å²) in [6, 6.07) is 11.4. The molecule has 0 saturated heterocycles. The molecule has 2 heteroatoms. The summed E-state index contributed by atoms with van der Waals surface area (Å²) in [4.78, 5) is 2.28. The Balaban J connectivity index is 2.23. The summed E-state index contributed by atoms with van der Waals surface area (Å²) in [5, 5.41) is 3.71. The molecule has 0 heterocycles. The average Bonchev–Trinajstić information content (AvgIpc) is 2.34. The molecular weight excluding hydrogens is 232 g/mol. The summed E-state index contributed by atoms with van der Waals surface area (Å²) in [6.07, 6.45) is 3.64. The number of likely N-dealkylation sites (N-methyl/N-ethyl adjacent to an activating group) is 1. The molecule has 2 nitrogen and oxygen atoms in total. The van der Waals surface area contributed by atoms with E-state index in [2.05, 4.69) is 68.5 Å². The van der Waals surface area contributed by atoms with Crippen LogP contribution < -0.4 is 5.32 Å². The highest BCUT2D eigenvalue weighted by Gasteiger charge is 2.10. The number of rotatable bonds is 9. The molecule has 0 aliphatic rings. The molecule has 0 spiro atoms. The van der Waals surface area contributed by atoms with Crippen molar-refractivity contribution in [3.63, 3.8) is 0 Å². The molecule has 0 aromatic heterocycles. The number of hydrogen-bond acceptors (Lipinski definition) is 2. The van der Waals surface area contributed by atoms with Gasteiger partial charge < -0.3 is 10.2 Å². The van der Waals surface area contributed by atoms with Crippen LogP contribution in [0.1, 0.15) is 32.3 Å². The third-order valence-electron chi connectivity index (χ3n) is 3.26. The molecule has 0 amide bonds. The van der Waals surface area contributed by atoms with Gasteiger partial charge in [-0.05, 0) is 51.4 Å². The second kappa shape index (κ2) is 9.11. The van der Waals surface area contributed by atoms with Crippen LogP contribution in [0.2, 0.25) is 0 Å². The van der Waals surface area contributed by atoms with Crippen molar-refractivity contribution in [2.24, 2.45) is 5.92 Å². The monoisotopic (exact) mass is 262 g/mol. The minimum Gasteiger partial charge on any atom is -0.313 e. The first-order chi connectivity index (χ1) is 9.08. The number of benzene rings is 1. The van der Waals surface area contributed by atoms with Crippen LogP contribution in [-0.4, -0.2) is 38.1 Å². The van der Waals surface area contributed by atoms with E-state index in [4.69, 9.17) is 0 Å². The Kier molecular flexibility index (Phi) is 7.76. The van der Waals surface area contributed by atoms with Crippen molar-refractivity contribution in [2.75, 3.05) is 27.2 Å². The van der Waals surface area contributed by atoms with Gasteiger partial charge in [0.2, 0.25) is 0 Å². The van der Waals surface area contributed by atoms with E-state index in [1.807, 2.05) is 0 Å². The lowest BCUT2D eigenvalue weighted by molar-refractivity contribution is 0.305. The van der Waals surface area contributed by atoms with E-state index in [1.165, 1.54) is 24.8 Å². The summed E-state index contributed by atoms with van der Waals surface area (Å²) in [5.41, 5.74) is 1.44. The standard InChI is InChI=1S/C17H30N2/c1-15(2)13-17(14-19(3)4)18-12-8-11-16-9-6-5-7-10-16/h5-7,9-10,15,17-18H,8,11-14H2,1-4H3. The third kappa shape index (κ3) is 8.02. The van der Waals surface area contributed by atoms with E-state index >= 15 is 0 Å². The fourth-order valence-electron chi connectivity index (χ4n) is 2.48. The maximum absolute atomic E-state index is 3.71. The molecule has 0 radical (unpaired) electrons. The smallest absolute Gasteiger partial charge is 0.0197 e. The summed E-state index contributed by atoms with van der Waals surface area (Å²) < 4.78 is 0. The molecule has 0 fully saturated rings. The fourth-order valence-corrected chi connectivity index (χ4v) is 2.48. The van der Waals surface area contributed by atoms with Gasteiger partial charge in [0.25, 0.3) is 0 Å². The highest BCUT2D eigenvalue weighted by Crippen LogP contribution is 2.06. The van der Waals surface area contributed by atoms with Crippen LogP contribution in [0.25, 0.3) is 0 Å². The highest BCUT2D eigenvalue weighted by molar-refractivity contribution is 5.14. The number of nitrogens with zero attached hydrogens (tertiary/aromatic N) is 1. The molecule has 1 N–H and O–H groups in total. The Labute approximate surface area is 119 Å². The number of aryl methyl sites for hydroxylation is 1. The Morgan fingerprint density at radius 3 is 2.37 bits per heavy atom. The first-order valence-electron chi connectivity index (χ1n) is 7.50. The van der Waals surface area contributed by atoms with Crippen LogP contribution in [0, 0.1) is 5.92 Å². The van der Waals surface area contributed by atoms with Gasteiger partial charge in [-0.2, -0.15) is 0 Å². The van der Waals surface area contributed by atoms with Crippen molar-refractivity contribution in [1.82, 2.24) is 10.2 Å². The van der Waals surface area contributed by atoms with Gasteiger partial charge in [-0.15, -0.1) is 0 Å². The van der Waals surface area contributed by atoms with Crippen LogP contribution in [-0.2, 0) is 6.42 Å². The Morgan fingerprint density at radius 2 is 1.79 bits per heavy atom. The molecule has 1 unspecified atom stereocenters. The lowest BCUT2D eigenvalue weighted by Gasteiger charge is -2.24. The van der Waals surface area contributed by atoms with E-state index in [0.717, 1.165) is 19.0 Å². The van der Waals surface area contributed by atoms with Gasteiger partial charge in [-0.25, -0.2) is 0 Å². The van der Waals surface area contributed by atoms with Crippen molar-refractivity contribution in [1.29, 1.82) is 0 Å².